The van der Waals surface area contributed by atoms with Crippen molar-refractivity contribution >= 4 is 17.6 Å². The Morgan fingerprint density at radius 3 is 2.87 bits per heavy atom. The lowest BCUT2D eigenvalue weighted by Gasteiger charge is -2.02. The molecule has 5 heteroatoms. The number of benzene rings is 1. The molecule has 0 unspecified atom stereocenters. The monoisotopic (exact) mass is 222 g/mol. The maximum Gasteiger partial charge on any atom is 0.335 e. The van der Waals surface area contributed by atoms with Gasteiger partial charge in [-0.1, -0.05) is 11.6 Å². The molecule has 0 aliphatic rings. The summed E-state index contributed by atoms with van der Waals surface area (Å²) in [7, 11) is 0. The van der Waals surface area contributed by atoms with Crippen molar-refractivity contribution in [3.8, 4) is 11.1 Å². The standard InChI is InChI=1S/C10H7ClN2O2/c11-9-2-1-6(10(14)15)3-8(9)7-4-12-13-5-7/h1-5H,(H,12,13)(H,14,15). The predicted molar refractivity (Wildman–Crippen MR) is 56.0 cm³/mol. The topological polar surface area (TPSA) is 66.0 Å². The number of aromatic nitrogens is 2. The number of carboxylic acids is 1. The van der Waals surface area contributed by atoms with Gasteiger partial charge < -0.3 is 5.11 Å². The lowest BCUT2D eigenvalue weighted by molar-refractivity contribution is 0.0697. The minimum absolute atomic E-state index is 0.204. The summed E-state index contributed by atoms with van der Waals surface area (Å²) < 4.78 is 0. The van der Waals surface area contributed by atoms with Crippen molar-refractivity contribution in [1.29, 1.82) is 0 Å². The fraction of sp³-hybridized carbons (Fsp3) is 0. The van der Waals surface area contributed by atoms with E-state index in [-0.39, 0.29) is 5.56 Å². The first kappa shape index (κ1) is 9.73. The van der Waals surface area contributed by atoms with Gasteiger partial charge in [0.05, 0.1) is 11.8 Å². The Balaban J connectivity index is 2.55. The molecule has 2 rings (SSSR count). The molecule has 15 heavy (non-hydrogen) atoms. The summed E-state index contributed by atoms with van der Waals surface area (Å²) in [4.78, 5) is 10.8. The van der Waals surface area contributed by atoms with E-state index in [0.717, 1.165) is 5.56 Å². The first-order valence-electron chi connectivity index (χ1n) is 4.20. The SMILES string of the molecule is O=C(O)c1ccc(Cl)c(-c2cn[nH]c2)c1. The normalized spacial score (nSPS) is 10.2. The number of hydrogen-bond acceptors (Lipinski definition) is 2. The van der Waals surface area contributed by atoms with Crippen LogP contribution in [0.4, 0.5) is 0 Å². The first-order chi connectivity index (χ1) is 7.18. The summed E-state index contributed by atoms with van der Waals surface area (Å²) in [6.45, 7) is 0. The number of halogens is 1. The average Bonchev–Trinajstić information content (AvgIpc) is 2.71. The van der Waals surface area contributed by atoms with Crippen LogP contribution in [0.5, 0.6) is 0 Å². The third-order valence-corrected chi connectivity index (χ3v) is 2.35. The lowest BCUT2D eigenvalue weighted by Crippen LogP contribution is -1.96. The summed E-state index contributed by atoms with van der Waals surface area (Å²) in [6, 6.07) is 4.55. The number of nitrogens with zero attached hydrogens (tertiary/aromatic N) is 1. The van der Waals surface area contributed by atoms with Crippen LogP contribution in [0.1, 0.15) is 10.4 Å². The molecule has 1 aromatic carbocycles. The smallest absolute Gasteiger partial charge is 0.335 e. The highest BCUT2D eigenvalue weighted by Gasteiger charge is 2.09. The number of H-pyrrole nitrogens is 1. The summed E-state index contributed by atoms with van der Waals surface area (Å²) in [5.74, 6) is -0.976. The quantitative estimate of drug-likeness (QED) is 0.820. The zero-order valence-corrected chi connectivity index (χ0v) is 8.32. The van der Waals surface area contributed by atoms with Crippen LogP contribution in [-0.4, -0.2) is 21.3 Å². The van der Waals surface area contributed by atoms with Crippen molar-refractivity contribution in [2.75, 3.05) is 0 Å². The molecule has 0 atom stereocenters. The predicted octanol–water partition coefficient (Wildman–Crippen LogP) is 2.43. The zero-order valence-electron chi connectivity index (χ0n) is 7.57. The second-order valence-corrected chi connectivity index (χ2v) is 3.39. The van der Waals surface area contributed by atoms with Crippen molar-refractivity contribution in [3.05, 3.63) is 41.2 Å². The Hall–Kier alpha value is -1.81. The number of nitrogens with one attached hydrogen (secondary N) is 1. The molecule has 2 N–H and O–H groups in total. The highest BCUT2D eigenvalue weighted by molar-refractivity contribution is 6.33. The number of rotatable bonds is 2. The lowest BCUT2D eigenvalue weighted by atomic mass is 10.1. The Bertz CT molecular complexity index is 494. The van der Waals surface area contributed by atoms with Gasteiger partial charge in [0.25, 0.3) is 0 Å². The fourth-order valence-corrected chi connectivity index (χ4v) is 1.50. The number of hydrogen-bond donors (Lipinski definition) is 2. The summed E-state index contributed by atoms with van der Waals surface area (Å²) >= 11 is 5.96. The largest absolute Gasteiger partial charge is 0.478 e. The molecule has 2 aromatic rings. The van der Waals surface area contributed by atoms with Crippen molar-refractivity contribution < 1.29 is 9.90 Å². The van der Waals surface area contributed by atoms with Gasteiger partial charge >= 0.3 is 5.97 Å². The molecule has 4 nitrogen and oxygen atoms in total. The number of carboxylic acid groups (broad SMARTS) is 1. The van der Waals surface area contributed by atoms with E-state index in [1.807, 2.05) is 0 Å². The van der Waals surface area contributed by atoms with Crippen molar-refractivity contribution in [2.24, 2.45) is 0 Å². The molecule has 1 aromatic heterocycles. The molecule has 0 aliphatic carbocycles. The van der Waals surface area contributed by atoms with Gasteiger partial charge in [-0.25, -0.2) is 4.79 Å². The Morgan fingerprint density at radius 2 is 2.27 bits per heavy atom. The minimum atomic E-state index is -0.976. The minimum Gasteiger partial charge on any atom is -0.478 e. The molecule has 0 aliphatic heterocycles. The van der Waals surface area contributed by atoms with E-state index in [1.54, 1.807) is 18.5 Å². The van der Waals surface area contributed by atoms with Crippen LogP contribution in [0.15, 0.2) is 30.6 Å². The fourth-order valence-electron chi connectivity index (χ4n) is 1.28. The van der Waals surface area contributed by atoms with E-state index < -0.39 is 5.97 Å². The van der Waals surface area contributed by atoms with Gasteiger partial charge in [-0.2, -0.15) is 5.10 Å². The third-order valence-electron chi connectivity index (χ3n) is 2.02. The van der Waals surface area contributed by atoms with E-state index in [2.05, 4.69) is 10.2 Å². The van der Waals surface area contributed by atoms with Crippen molar-refractivity contribution in [2.45, 2.75) is 0 Å². The van der Waals surface area contributed by atoms with E-state index in [4.69, 9.17) is 16.7 Å². The highest BCUT2D eigenvalue weighted by atomic mass is 35.5. The van der Waals surface area contributed by atoms with Gasteiger partial charge in [-0.3, -0.25) is 5.10 Å². The summed E-state index contributed by atoms with van der Waals surface area (Å²) in [5, 5.41) is 15.8. The van der Waals surface area contributed by atoms with E-state index in [9.17, 15) is 4.79 Å². The van der Waals surface area contributed by atoms with Crippen LogP contribution in [-0.2, 0) is 0 Å². The second-order valence-electron chi connectivity index (χ2n) is 2.99. The molecule has 76 valence electrons. The van der Waals surface area contributed by atoms with Crippen LogP contribution in [0.25, 0.3) is 11.1 Å². The van der Waals surface area contributed by atoms with Crippen LogP contribution in [0, 0.1) is 0 Å². The van der Waals surface area contributed by atoms with Gasteiger partial charge in [-0.05, 0) is 18.2 Å². The molecule has 0 bridgehead atoms. The zero-order chi connectivity index (χ0) is 10.8. The molecule has 0 spiro atoms. The van der Waals surface area contributed by atoms with E-state index in [1.165, 1.54) is 12.1 Å². The van der Waals surface area contributed by atoms with Gasteiger partial charge in [0, 0.05) is 22.3 Å². The number of carbonyl (C=O) groups is 1. The maximum absolute atomic E-state index is 10.8. The maximum atomic E-state index is 10.8. The molecule has 0 radical (unpaired) electrons. The molecular weight excluding hydrogens is 216 g/mol. The van der Waals surface area contributed by atoms with Gasteiger partial charge in [0.1, 0.15) is 0 Å². The van der Waals surface area contributed by atoms with E-state index >= 15 is 0 Å². The van der Waals surface area contributed by atoms with Crippen LogP contribution in [0.2, 0.25) is 5.02 Å². The average molecular weight is 223 g/mol. The van der Waals surface area contributed by atoms with Crippen molar-refractivity contribution in [3.63, 3.8) is 0 Å². The van der Waals surface area contributed by atoms with Gasteiger partial charge in [0.2, 0.25) is 0 Å². The first-order valence-corrected chi connectivity index (χ1v) is 4.58. The molecule has 0 saturated heterocycles. The Labute approximate surface area is 90.5 Å². The molecule has 1 heterocycles. The van der Waals surface area contributed by atoms with Gasteiger partial charge in [0.15, 0.2) is 0 Å². The summed E-state index contributed by atoms with van der Waals surface area (Å²) in [5.41, 5.74) is 1.63. The second kappa shape index (κ2) is 3.74. The number of aromatic carboxylic acids is 1. The van der Waals surface area contributed by atoms with Crippen LogP contribution >= 0.6 is 11.6 Å². The van der Waals surface area contributed by atoms with Gasteiger partial charge in [-0.15, -0.1) is 0 Å². The third kappa shape index (κ3) is 1.85. The van der Waals surface area contributed by atoms with Crippen LogP contribution in [0.3, 0.4) is 0 Å². The highest BCUT2D eigenvalue weighted by Crippen LogP contribution is 2.27. The Kier molecular flexibility index (Phi) is 2.43. The summed E-state index contributed by atoms with van der Waals surface area (Å²) in [6.07, 6.45) is 3.25. The van der Waals surface area contributed by atoms with E-state index in [0.29, 0.717) is 10.6 Å². The molecule has 0 fully saturated rings. The van der Waals surface area contributed by atoms with Crippen molar-refractivity contribution in [1.82, 2.24) is 10.2 Å². The molecule has 0 saturated carbocycles. The Morgan fingerprint density at radius 1 is 1.47 bits per heavy atom. The van der Waals surface area contributed by atoms with Crippen LogP contribution < -0.4 is 0 Å². The molecule has 0 amide bonds. The molecular formula is C10H7ClN2O2. The number of aromatic amines is 1.